The zero-order chi connectivity index (χ0) is 14.5. The molecule has 0 aromatic carbocycles. The summed E-state index contributed by atoms with van der Waals surface area (Å²) in [6.07, 6.45) is 4.92. The van der Waals surface area contributed by atoms with Crippen molar-refractivity contribution in [1.29, 1.82) is 0 Å². The summed E-state index contributed by atoms with van der Waals surface area (Å²) in [5.74, 6) is 1.39. The molecule has 0 radical (unpaired) electrons. The Morgan fingerprint density at radius 3 is 2.95 bits per heavy atom. The Hall–Kier alpha value is -1.69. The van der Waals surface area contributed by atoms with Gasteiger partial charge in [-0.2, -0.15) is 0 Å². The van der Waals surface area contributed by atoms with Crippen LogP contribution in [0, 0.1) is 5.92 Å². The van der Waals surface area contributed by atoms with E-state index in [1.165, 1.54) is 0 Å². The molecule has 1 aromatic rings. The van der Waals surface area contributed by atoms with Crippen LogP contribution in [0.5, 0.6) is 0 Å². The molecule has 2 rings (SSSR count). The first kappa shape index (κ1) is 14.7. The van der Waals surface area contributed by atoms with Gasteiger partial charge in [-0.05, 0) is 12.3 Å². The quantitative estimate of drug-likeness (QED) is 0.762. The standard InChI is InChI=1S/C14H22N4O2/c1-17(2)13-9-15-8-12(16-13)6-11-7-14(19)18(10-11)4-5-20-3/h8-9,11H,4-7,10H2,1-3H3/t11-/m0/s1. The second kappa shape index (κ2) is 6.65. The van der Waals surface area contributed by atoms with E-state index in [4.69, 9.17) is 4.74 Å². The van der Waals surface area contributed by atoms with Gasteiger partial charge in [-0.15, -0.1) is 0 Å². The molecule has 0 N–H and O–H groups in total. The molecule has 0 unspecified atom stereocenters. The van der Waals surface area contributed by atoms with Crippen molar-refractivity contribution in [2.45, 2.75) is 12.8 Å². The Morgan fingerprint density at radius 2 is 2.25 bits per heavy atom. The summed E-state index contributed by atoms with van der Waals surface area (Å²) in [4.78, 5) is 24.5. The van der Waals surface area contributed by atoms with Crippen LogP contribution in [0.15, 0.2) is 12.4 Å². The number of ether oxygens (including phenoxy) is 1. The maximum Gasteiger partial charge on any atom is 0.223 e. The molecule has 110 valence electrons. The number of aromatic nitrogens is 2. The van der Waals surface area contributed by atoms with Crippen molar-refractivity contribution in [2.24, 2.45) is 5.92 Å². The highest BCUT2D eigenvalue weighted by Gasteiger charge is 2.29. The molecule has 0 bridgehead atoms. The van der Waals surface area contributed by atoms with Gasteiger partial charge < -0.3 is 14.5 Å². The third-order valence-corrected chi connectivity index (χ3v) is 3.49. The molecule has 0 spiro atoms. The predicted octanol–water partition coefficient (Wildman–Crippen LogP) is 0.580. The number of likely N-dealkylation sites (tertiary alicyclic amines) is 1. The minimum Gasteiger partial charge on any atom is -0.383 e. The second-order valence-electron chi connectivity index (χ2n) is 5.37. The Labute approximate surface area is 119 Å². The SMILES string of the molecule is COCCN1C[C@@H](Cc2cncc(N(C)C)n2)CC1=O. The number of carbonyl (C=O) groups excluding carboxylic acids is 1. The highest BCUT2D eigenvalue weighted by Crippen LogP contribution is 2.21. The number of carbonyl (C=O) groups is 1. The predicted molar refractivity (Wildman–Crippen MR) is 76.6 cm³/mol. The lowest BCUT2D eigenvalue weighted by atomic mass is 10.0. The largest absolute Gasteiger partial charge is 0.383 e. The fraction of sp³-hybridized carbons (Fsp3) is 0.643. The van der Waals surface area contributed by atoms with Crippen LogP contribution < -0.4 is 4.90 Å². The minimum atomic E-state index is 0.212. The number of amides is 1. The lowest BCUT2D eigenvalue weighted by molar-refractivity contribution is -0.128. The first-order chi connectivity index (χ1) is 9.60. The van der Waals surface area contributed by atoms with Crippen LogP contribution in [0.2, 0.25) is 0 Å². The molecule has 6 heteroatoms. The van der Waals surface area contributed by atoms with Crippen molar-refractivity contribution in [2.75, 3.05) is 45.8 Å². The Morgan fingerprint density at radius 1 is 1.45 bits per heavy atom. The first-order valence-electron chi connectivity index (χ1n) is 6.85. The van der Waals surface area contributed by atoms with Gasteiger partial charge in [-0.25, -0.2) is 4.98 Å². The smallest absolute Gasteiger partial charge is 0.223 e. The number of hydrogen-bond donors (Lipinski definition) is 0. The van der Waals surface area contributed by atoms with Gasteiger partial charge in [0, 0.05) is 46.9 Å². The van der Waals surface area contributed by atoms with Gasteiger partial charge in [0.05, 0.1) is 18.5 Å². The maximum absolute atomic E-state index is 11.9. The van der Waals surface area contributed by atoms with E-state index in [1.807, 2.05) is 23.9 Å². The Balaban J connectivity index is 1.94. The van der Waals surface area contributed by atoms with E-state index in [1.54, 1.807) is 19.5 Å². The average molecular weight is 278 g/mol. The van der Waals surface area contributed by atoms with Gasteiger partial charge in [0.1, 0.15) is 5.82 Å². The van der Waals surface area contributed by atoms with Gasteiger partial charge in [0.15, 0.2) is 0 Å². The third-order valence-electron chi connectivity index (χ3n) is 3.49. The molecular formula is C14H22N4O2. The number of nitrogens with zero attached hydrogens (tertiary/aromatic N) is 4. The van der Waals surface area contributed by atoms with Crippen LogP contribution >= 0.6 is 0 Å². The molecule has 1 amide bonds. The van der Waals surface area contributed by atoms with Crippen LogP contribution in [0.25, 0.3) is 0 Å². The van der Waals surface area contributed by atoms with Crippen LogP contribution in [-0.4, -0.2) is 61.7 Å². The molecule has 1 aliphatic rings. The molecule has 1 saturated heterocycles. The summed E-state index contributed by atoms with van der Waals surface area (Å²) in [5.41, 5.74) is 0.947. The summed E-state index contributed by atoms with van der Waals surface area (Å²) in [6.45, 7) is 2.06. The average Bonchev–Trinajstić information content (AvgIpc) is 2.76. The fourth-order valence-electron chi connectivity index (χ4n) is 2.41. The molecular weight excluding hydrogens is 256 g/mol. The summed E-state index contributed by atoms with van der Waals surface area (Å²) in [5, 5.41) is 0. The van der Waals surface area contributed by atoms with E-state index in [9.17, 15) is 4.79 Å². The lowest BCUT2D eigenvalue weighted by Crippen LogP contribution is -2.29. The van der Waals surface area contributed by atoms with Crippen molar-refractivity contribution in [3.8, 4) is 0 Å². The molecule has 20 heavy (non-hydrogen) atoms. The fourth-order valence-corrected chi connectivity index (χ4v) is 2.41. The molecule has 1 atom stereocenters. The van der Waals surface area contributed by atoms with Crippen molar-refractivity contribution in [3.05, 3.63) is 18.1 Å². The summed E-state index contributed by atoms with van der Waals surface area (Å²) in [6, 6.07) is 0. The molecule has 1 fully saturated rings. The van der Waals surface area contributed by atoms with E-state index >= 15 is 0 Å². The topological polar surface area (TPSA) is 58.6 Å². The zero-order valence-electron chi connectivity index (χ0n) is 12.4. The normalized spacial score (nSPS) is 18.6. The van der Waals surface area contributed by atoms with E-state index in [0.29, 0.717) is 25.5 Å². The van der Waals surface area contributed by atoms with Gasteiger partial charge in [-0.3, -0.25) is 9.78 Å². The van der Waals surface area contributed by atoms with Gasteiger partial charge >= 0.3 is 0 Å². The first-order valence-corrected chi connectivity index (χ1v) is 6.85. The summed E-state index contributed by atoms with van der Waals surface area (Å²) in [7, 11) is 5.54. The highest BCUT2D eigenvalue weighted by molar-refractivity contribution is 5.78. The Kier molecular flexibility index (Phi) is 4.89. The molecule has 0 aliphatic carbocycles. The number of anilines is 1. The maximum atomic E-state index is 11.9. The van der Waals surface area contributed by atoms with Gasteiger partial charge in [0.2, 0.25) is 5.91 Å². The minimum absolute atomic E-state index is 0.212. The van der Waals surface area contributed by atoms with E-state index in [2.05, 4.69) is 9.97 Å². The van der Waals surface area contributed by atoms with Crippen molar-refractivity contribution < 1.29 is 9.53 Å². The number of hydrogen-bond acceptors (Lipinski definition) is 5. The van der Waals surface area contributed by atoms with Crippen LogP contribution in [0.3, 0.4) is 0 Å². The van der Waals surface area contributed by atoms with Gasteiger partial charge in [0.25, 0.3) is 0 Å². The van der Waals surface area contributed by atoms with Crippen LogP contribution in [0.1, 0.15) is 12.1 Å². The van der Waals surface area contributed by atoms with E-state index < -0.39 is 0 Å². The Bertz CT molecular complexity index is 464. The molecule has 6 nitrogen and oxygen atoms in total. The van der Waals surface area contributed by atoms with Crippen LogP contribution in [-0.2, 0) is 16.0 Å². The monoisotopic (exact) mass is 278 g/mol. The van der Waals surface area contributed by atoms with Crippen molar-refractivity contribution in [3.63, 3.8) is 0 Å². The third kappa shape index (κ3) is 3.66. The molecule has 2 heterocycles. The zero-order valence-corrected chi connectivity index (χ0v) is 12.4. The molecule has 1 aromatic heterocycles. The van der Waals surface area contributed by atoms with Crippen LogP contribution in [0.4, 0.5) is 5.82 Å². The molecule has 1 aliphatic heterocycles. The van der Waals surface area contributed by atoms with E-state index in [-0.39, 0.29) is 5.91 Å². The lowest BCUT2D eigenvalue weighted by Gasteiger charge is -2.16. The summed E-state index contributed by atoms with van der Waals surface area (Å²) >= 11 is 0. The van der Waals surface area contributed by atoms with Crippen molar-refractivity contribution in [1.82, 2.24) is 14.9 Å². The highest BCUT2D eigenvalue weighted by atomic mass is 16.5. The molecule has 0 saturated carbocycles. The number of methoxy groups -OCH3 is 1. The van der Waals surface area contributed by atoms with Gasteiger partial charge in [-0.1, -0.05) is 0 Å². The van der Waals surface area contributed by atoms with E-state index in [0.717, 1.165) is 24.5 Å². The van der Waals surface area contributed by atoms with Crippen molar-refractivity contribution >= 4 is 11.7 Å². The summed E-state index contributed by atoms with van der Waals surface area (Å²) < 4.78 is 5.03. The second-order valence-corrected chi connectivity index (χ2v) is 5.37. The number of rotatable bonds is 6.